The van der Waals surface area contributed by atoms with Gasteiger partial charge in [-0.25, -0.2) is 4.79 Å². The summed E-state index contributed by atoms with van der Waals surface area (Å²) in [5.41, 5.74) is 6.95. The van der Waals surface area contributed by atoms with Crippen LogP contribution < -0.4 is 15.4 Å². The number of hydrogen-bond donors (Lipinski definition) is 2. The minimum absolute atomic E-state index is 0.0318. The number of methoxy groups -OCH3 is 2. The van der Waals surface area contributed by atoms with Crippen molar-refractivity contribution in [3.05, 3.63) is 58.2 Å². The number of ether oxygens (including phenoxy) is 2. The number of terminal acetylenes is 1. The Kier molecular flexibility index (Phi) is 15.3. The van der Waals surface area contributed by atoms with Crippen molar-refractivity contribution in [2.75, 3.05) is 24.9 Å². The van der Waals surface area contributed by atoms with Crippen molar-refractivity contribution in [2.45, 2.75) is 93.7 Å². The van der Waals surface area contributed by atoms with Gasteiger partial charge in [-0.05, 0) is 93.8 Å². The molecular weight excluding hydrogens is 526 g/mol. The van der Waals surface area contributed by atoms with E-state index in [2.05, 4.69) is 36.5 Å². The maximum absolute atomic E-state index is 13.1. The quantitative estimate of drug-likeness (QED) is 0.266. The van der Waals surface area contributed by atoms with Gasteiger partial charge in [0.05, 0.1) is 20.8 Å². The van der Waals surface area contributed by atoms with Crippen LogP contribution in [0, 0.1) is 32.6 Å². The van der Waals surface area contributed by atoms with E-state index in [1.165, 1.54) is 0 Å². The molecule has 2 N–H and O–H groups in total. The predicted molar refractivity (Wildman–Crippen MR) is 176 cm³/mol. The molecule has 7 nitrogen and oxygen atoms in total. The third-order valence-corrected chi connectivity index (χ3v) is 7.41. The lowest BCUT2D eigenvalue weighted by atomic mass is 9.84. The maximum atomic E-state index is 13.1. The lowest BCUT2D eigenvalue weighted by Crippen LogP contribution is -2.47. The highest BCUT2D eigenvalue weighted by Gasteiger charge is 2.34. The van der Waals surface area contributed by atoms with Crippen molar-refractivity contribution in [3.63, 3.8) is 0 Å². The number of fused-ring (bicyclic) bond motifs is 1. The van der Waals surface area contributed by atoms with Gasteiger partial charge in [-0.1, -0.05) is 33.8 Å². The monoisotopic (exact) mass is 577 g/mol. The van der Waals surface area contributed by atoms with E-state index in [9.17, 15) is 9.59 Å². The van der Waals surface area contributed by atoms with Gasteiger partial charge >= 0.3 is 6.03 Å². The van der Waals surface area contributed by atoms with Gasteiger partial charge in [0.2, 0.25) is 5.91 Å². The predicted octanol–water partition coefficient (Wildman–Crippen LogP) is 8.56. The van der Waals surface area contributed by atoms with Crippen molar-refractivity contribution in [3.8, 4) is 18.6 Å². The number of rotatable bonds is 6. The summed E-state index contributed by atoms with van der Waals surface area (Å²) in [4.78, 5) is 27.9. The van der Waals surface area contributed by atoms with Gasteiger partial charge in [-0.2, -0.15) is 0 Å². The van der Waals surface area contributed by atoms with Gasteiger partial charge in [-0.3, -0.25) is 4.79 Å². The molecule has 42 heavy (non-hydrogen) atoms. The van der Waals surface area contributed by atoms with Crippen LogP contribution in [0.2, 0.25) is 0 Å². The average Bonchev–Trinajstić information content (AvgIpc) is 3.01. The Morgan fingerprint density at radius 3 is 2.12 bits per heavy atom. The third kappa shape index (κ3) is 8.79. The SMILES string of the molecule is C#C.CC.CC.COC(=C(C)C)c1cc(C)c2c(c1)NC(=O)N(C1CCC(C(=O)Nc3ccc(C)c(OC)c3)CC1)C2. The van der Waals surface area contributed by atoms with E-state index in [1.807, 2.05) is 77.6 Å². The third-order valence-electron chi connectivity index (χ3n) is 7.41. The Labute approximate surface area is 254 Å². The molecule has 1 heterocycles. The standard InChI is InChI=1S/C29H37N3O4.2C2H6.C2H2/c1-17(2)27(36-6)21-13-19(4)24-16-32(29(34)31-25(24)14-21)23-11-8-20(9-12-23)28(33)30-22-10-7-18(3)26(15-22)35-5;3*1-2/h7,10,13-15,20,23H,8-9,11-12,16H2,1-6H3,(H,30,33)(H,31,34);2*1-2H3;1-2H. The molecule has 3 amide bonds. The number of aryl methyl sites for hydroxylation is 2. The van der Waals surface area contributed by atoms with Crippen molar-refractivity contribution in [2.24, 2.45) is 5.92 Å². The van der Waals surface area contributed by atoms with Crippen LogP contribution in [0.4, 0.5) is 16.2 Å². The van der Waals surface area contributed by atoms with Gasteiger partial charge in [0.1, 0.15) is 11.5 Å². The smallest absolute Gasteiger partial charge is 0.322 e. The molecule has 0 saturated heterocycles. The molecule has 2 aliphatic rings. The lowest BCUT2D eigenvalue weighted by molar-refractivity contribution is -0.121. The van der Waals surface area contributed by atoms with Crippen LogP contribution in [0.25, 0.3) is 5.76 Å². The first kappa shape index (κ1) is 36.1. The molecule has 4 rings (SSSR count). The largest absolute Gasteiger partial charge is 0.496 e. The zero-order chi connectivity index (χ0) is 32.0. The molecule has 0 spiro atoms. The normalized spacial score (nSPS) is 16.8. The fraction of sp³-hybridized carbons (Fsp3) is 0.486. The Morgan fingerprint density at radius 1 is 0.952 bits per heavy atom. The van der Waals surface area contributed by atoms with Crippen LogP contribution in [-0.2, 0) is 16.1 Å². The van der Waals surface area contributed by atoms with Crippen LogP contribution in [0.5, 0.6) is 5.75 Å². The lowest BCUT2D eigenvalue weighted by Gasteiger charge is -2.39. The average molecular weight is 578 g/mol. The maximum Gasteiger partial charge on any atom is 0.322 e. The molecule has 230 valence electrons. The molecule has 0 atom stereocenters. The summed E-state index contributed by atoms with van der Waals surface area (Å²) in [6.07, 6.45) is 11.1. The van der Waals surface area contributed by atoms with E-state index in [0.717, 1.165) is 76.4 Å². The molecule has 7 heteroatoms. The summed E-state index contributed by atoms with van der Waals surface area (Å²) < 4.78 is 11.0. The summed E-state index contributed by atoms with van der Waals surface area (Å²) in [5.74, 6) is 1.56. The number of allylic oxidation sites excluding steroid dienone is 1. The Balaban J connectivity index is 0.00000138. The summed E-state index contributed by atoms with van der Waals surface area (Å²) in [5, 5.41) is 6.14. The van der Waals surface area contributed by atoms with E-state index >= 15 is 0 Å². The Morgan fingerprint density at radius 2 is 1.57 bits per heavy atom. The number of anilines is 2. The Bertz CT molecular complexity index is 1240. The van der Waals surface area contributed by atoms with Crippen molar-refractivity contribution < 1.29 is 19.1 Å². The minimum atomic E-state index is -0.0742. The number of nitrogens with zero attached hydrogens (tertiary/aromatic N) is 1. The molecule has 1 aliphatic carbocycles. The molecule has 0 bridgehead atoms. The molecule has 1 aliphatic heterocycles. The highest BCUT2D eigenvalue weighted by atomic mass is 16.5. The number of hydrogen-bond acceptors (Lipinski definition) is 4. The molecule has 0 unspecified atom stereocenters. The first-order chi connectivity index (χ1) is 20.2. The van der Waals surface area contributed by atoms with E-state index in [0.29, 0.717) is 6.54 Å². The molecule has 1 saturated carbocycles. The molecule has 1 fully saturated rings. The van der Waals surface area contributed by atoms with Crippen molar-refractivity contribution in [1.29, 1.82) is 0 Å². The topological polar surface area (TPSA) is 79.9 Å². The second-order valence-corrected chi connectivity index (χ2v) is 10.1. The van der Waals surface area contributed by atoms with Gasteiger partial charge in [0, 0.05) is 35.0 Å². The molecule has 2 aromatic carbocycles. The number of benzene rings is 2. The summed E-state index contributed by atoms with van der Waals surface area (Å²) >= 11 is 0. The van der Waals surface area contributed by atoms with Crippen molar-refractivity contribution >= 4 is 29.1 Å². The first-order valence-electron chi connectivity index (χ1n) is 14.9. The molecule has 0 radical (unpaired) electrons. The number of carbonyl (C=O) groups excluding carboxylic acids is 2. The Hall–Kier alpha value is -3.92. The molecule has 2 aromatic rings. The van der Waals surface area contributed by atoms with E-state index in [-0.39, 0.29) is 23.9 Å². The molecule has 0 aromatic heterocycles. The van der Waals surface area contributed by atoms with Crippen LogP contribution in [0.3, 0.4) is 0 Å². The zero-order valence-corrected chi connectivity index (χ0v) is 27.3. The van der Waals surface area contributed by atoms with Crippen LogP contribution in [0.1, 0.15) is 89.5 Å². The van der Waals surface area contributed by atoms with Crippen LogP contribution in [0.15, 0.2) is 35.9 Å². The van der Waals surface area contributed by atoms with Gasteiger partial charge in [0.15, 0.2) is 0 Å². The van der Waals surface area contributed by atoms with Gasteiger partial charge in [0.25, 0.3) is 0 Å². The first-order valence-corrected chi connectivity index (χ1v) is 14.9. The highest BCUT2D eigenvalue weighted by Crippen LogP contribution is 2.36. The number of amides is 3. The van der Waals surface area contributed by atoms with E-state index in [4.69, 9.17) is 9.47 Å². The molecular formula is C35H51N3O4. The van der Waals surface area contributed by atoms with Crippen molar-refractivity contribution in [1.82, 2.24) is 4.90 Å². The summed E-state index contributed by atoms with van der Waals surface area (Å²) in [7, 11) is 3.30. The van der Waals surface area contributed by atoms with Crippen LogP contribution >= 0.6 is 0 Å². The summed E-state index contributed by atoms with van der Waals surface area (Å²) in [6, 6.07) is 9.88. The fourth-order valence-corrected chi connectivity index (χ4v) is 5.40. The highest BCUT2D eigenvalue weighted by molar-refractivity contribution is 5.94. The second-order valence-electron chi connectivity index (χ2n) is 10.1. The number of carbonyl (C=O) groups is 2. The number of urea groups is 1. The van der Waals surface area contributed by atoms with E-state index in [1.54, 1.807) is 14.2 Å². The number of nitrogens with one attached hydrogen (secondary N) is 2. The minimum Gasteiger partial charge on any atom is -0.496 e. The van der Waals surface area contributed by atoms with Gasteiger partial charge < -0.3 is 25.0 Å². The second kappa shape index (κ2) is 17.8. The van der Waals surface area contributed by atoms with Crippen LogP contribution in [-0.4, -0.2) is 37.1 Å². The fourth-order valence-electron chi connectivity index (χ4n) is 5.40. The summed E-state index contributed by atoms with van der Waals surface area (Å²) in [6.45, 7) is 16.7. The zero-order valence-electron chi connectivity index (χ0n) is 27.3. The van der Waals surface area contributed by atoms with E-state index < -0.39 is 0 Å². The van der Waals surface area contributed by atoms with Gasteiger partial charge in [-0.15, -0.1) is 12.8 Å².